The van der Waals surface area contributed by atoms with Crippen LogP contribution in [-0.4, -0.2) is 46.1 Å². The SMILES string of the molecule is CON=C[C@@H](F)[C@H](OC(=O)c1ccc(-c2ccccc2)cc1)[C@@H](Cc1ccccc1-c1ccccc1)OS(=O)(=O)c1cc(Cl)c(Cl)cc1Cl. The van der Waals surface area contributed by atoms with Crippen molar-refractivity contribution < 1.29 is 31.4 Å². The molecule has 0 aliphatic heterocycles. The number of halogens is 4. The molecule has 0 unspecified atom stereocenters. The Morgan fingerprint density at radius 2 is 1.35 bits per heavy atom. The fraction of sp³-hybridized carbons (Fsp3) is 0.135. The molecule has 0 radical (unpaired) electrons. The van der Waals surface area contributed by atoms with E-state index in [2.05, 4.69) is 9.99 Å². The van der Waals surface area contributed by atoms with Crippen LogP contribution in [0.3, 0.4) is 0 Å². The van der Waals surface area contributed by atoms with Gasteiger partial charge < -0.3 is 9.57 Å². The summed E-state index contributed by atoms with van der Waals surface area (Å²) in [6.45, 7) is 0. The molecule has 0 heterocycles. The Bertz CT molecular complexity index is 2030. The van der Waals surface area contributed by atoms with E-state index in [4.69, 9.17) is 43.7 Å². The number of nitrogens with zero attached hydrogens (tertiary/aromatic N) is 1. The Morgan fingerprint density at radius 1 is 0.776 bits per heavy atom. The van der Waals surface area contributed by atoms with E-state index in [1.807, 2.05) is 72.8 Å². The number of alkyl halides is 1. The van der Waals surface area contributed by atoms with E-state index in [1.165, 1.54) is 19.2 Å². The van der Waals surface area contributed by atoms with Crippen LogP contribution in [0.25, 0.3) is 22.3 Å². The van der Waals surface area contributed by atoms with E-state index in [0.717, 1.165) is 40.6 Å². The number of rotatable bonds is 13. The van der Waals surface area contributed by atoms with Crippen molar-refractivity contribution in [3.05, 3.63) is 148 Å². The molecule has 0 aliphatic carbocycles. The molecule has 252 valence electrons. The maximum atomic E-state index is 16.1. The van der Waals surface area contributed by atoms with Crippen LogP contribution in [0.2, 0.25) is 15.1 Å². The number of carbonyl (C=O) groups is 1. The van der Waals surface area contributed by atoms with Gasteiger partial charge in [-0.3, -0.25) is 4.18 Å². The van der Waals surface area contributed by atoms with Crippen molar-refractivity contribution in [1.29, 1.82) is 0 Å². The predicted octanol–water partition coefficient (Wildman–Crippen LogP) is 9.49. The molecule has 0 N–H and O–H groups in total. The number of carbonyl (C=O) groups excluding carboxylic acids is 1. The Morgan fingerprint density at radius 3 is 2.00 bits per heavy atom. The summed E-state index contributed by atoms with van der Waals surface area (Å²) in [5.41, 5.74) is 3.99. The van der Waals surface area contributed by atoms with Gasteiger partial charge in [-0.1, -0.05) is 137 Å². The molecule has 0 saturated heterocycles. The van der Waals surface area contributed by atoms with E-state index in [1.54, 1.807) is 24.3 Å². The van der Waals surface area contributed by atoms with E-state index < -0.39 is 39.4 Å². The van der Waals surface area contributed by atoms with Gasteiger partial charge in [-0.05, 0) is 52.1 Å². The number of ether oxygens (including phenoxy) is 1. The first-order chi connectivity index (χ1) is 23.6. The maximum Gasteiger partial charge on any atom is 0.338 e. The van der Waals surface area contributed by atoms with Crippen LogP contribution in [-0.2, 0) is 30.3 Å². The van der Waals surface area contributed by atoms with Crippen LogP contribution >= 0.6 is 34.8 Å². The minimum Gasteiger partial charge on any atom is -0.452 e. The highest BCUT2D eigenvalue weighted by Gasteiger charge is 2.39. The van der Waals surface area contributed by atoms with Crippen molar-refractivity contribution in [3.8, 4) is 22.3 Å². The molecule has 49 heavy (non-hydrogen) atoms. The predicted molar refractivity (Wildman–Crippen MR) is 191 cm³/mol. The average Bonchev–Trinajstić information content (AvgIpc) is 3.11. The number of benzene rings is 5. The van der Waals surface area contributed by atoms with Gasteiger partial charge in [0.1, 0.15) is 18.1 Å². The van der Waals surface area contributed by atoms with Gasteiger partial charge >= 0.3 is 5.97 Å². The summed E-state index contributed by atoms with van der Waals surface area (Å²) in [6, 6.07) is 34.7. The van der Waals surface area contributed by atoms with Crippen LogP contribution in [0.4, 0.5) is 4.39 Å². The topological polar surface area (TPSA) is 91.3 Å². The highest BCUT2D eigenvalue weighted by molar-refractivity contribution is 7.87. The van der Waals surface area contributed by atoms with Crippen LogP contribution in [0.5, 0.6) is 0 Å². The monoisotopic (exact) mass is 739 g/mol. The summed E-state index contributed by atoms with van der Waals surface area (Å²) in [5.74, 6) is -0.923. The number of hydrogen-bond acceptors (Lipinski definition) is 7. The second kappa shape index (κ2) is 16.4. The third-order valence-corrected chi connectivity index (χ3v) is 10.0. The second-order valence-corrected chi connectivity index (χ2v) is 13.5. The van der Waals surface area contributed by atoms with Crippen molar-refractivity contribution in [2.24, 2.45) is 5.16 Å². The van der Waals surface area contributed by atoms with Crippen LogP contribution in [0, 0.1) is 0 Å². The van der Waals surface area contributed by atoms with Gasteiger partial charge in [0.05, 0.1) is 26.8 Å². The minimum atomic E-state index is -4.77. The normalized spacial score (nSPS) is 13.5. The van der Waals surface area contributed by atoms with Gasteiger partial charge in [0.25, 0.3) is 10.1 Å². The van der Waals surface area contributed by atoms with Gasteiger partial charge in [0, 0.05) is 6.42 Å². The average molecular weight is 741 g/mol. The first-order valence-corrected chi connectivity index (χ1v) is 17.4. The van der Waals surface area contributed by atoms with Gasteiger partial charge in [-0.15, -0.1) is 0 Å². The van der Waals surface area contributed by atoms with Gasteiger partial charge in [-0.25, -0.2) is 9.18 Å². The Labute approximate surface area is 298 Å². The molecule has 7 nitrogen and oxygen atoms in total. The van der Waals surface area contributed by atoms with Crippen molar-refractivity contribution in [2.45, 2.75) is 29.7 Å². The van der Waals surface area contributed by atoms with Crippen LogP contribution < -0.4 is 0 Å². The molecule has 0 aliphatic rings. The molecule has 12 heteroatoms. The maximum absolute atomic E-state index is 16.1. The summed E-state index contributed by atoms with van der Waals surface area (Å²) < 4.78 is 55.2. The Kier molecular flexibility index (Phi) is 12.1. The fourth-order valence-electron chi connectivity index (χ4n) is 5.10. The third kappa shape index (κ3) is 9.06. The summed E-state index contributed by atoms with van der Waals surface area (Å²) >= 11 is 18.4. The zero-order valence-electron chi connectivity index (χ0n) is 25.9. The second-order valence-electron chi connectivity index (χ2n) is 10.7. The Balaban J connectivity index is 1.56. The first-order valence-electron chi connectivity index (χ1n) is 14.9. The van der Waals surface area contributed by atoms with Crippen molar-refractivity contribution in [3.63, 3.8) is 0 Å². The molecule has 5 rings (SSSR count). The standard InChI is InChI=1S/C37H29Cl3FNO6S/c1-46-42-23-33(41)36(47-37(43)27-18-16-25(17-19-27)24-10-4-2-5-11-24)34(48-49(44,45)35-22-31(39)30(38)21-32(35)40)20-28-14-8-9-15-29(28)26-12-6-3-7-13-26/h2-19,21-23,33-34,36H,20H2,1H3/t33-,34-,36+/m1/s1. The highest BCUT2D eigenvalue weighted by atomic mass is 35.5. The molecular formula is C37H29Cl3FNO6S. The summed E-state index contributed by atoms with van der Waals surface area (Å²) in [7, 11) is -3.56. The molecule has 0 spiro atoms. The van der Waals surface area contributed by atoms with E-state index in [9.17, 15) is 13.2 Å². The van der Waals surface area contributed by atoms with Crippen LogP contribution in [0.15, 0.2) is 131 Å². The lowest BCUT2D eigenvalue weighted by atomic mass is 9.93. The van der Waals surface area contributed by atoms with Crippen LogP contribution in [0.1, 0.15) is 15.9 Å². The first kappa shape index (κ1) is 36.0. The lowest BCUT2D eigenvalue weighted by Crippen LogP contribution is -2.44. The minimum absolute atomic E-state index is 0.0173. The lowest BCUT2D eigenvalue weighted by Gasteiger charge is -2.28. The molecule has 0 fully saturated rings. The molecule has 0 amide bonds. The molecule has 0 bridgehead atoms. The summed E-state index contributed by atoms with van der Waals surface area (Å²) in [5, 5.41) is 3.15. The number of esters is 1. The van der Waals surface area contributed by atoms with E-state index in [0.29, 0.717) is 5.56 Å². The van der Waals surface area contributed by atoms with Crippen molar-refractivity contribution in [2.75, 3.05) is 7.11 Å². The zero-order valence-corrected chi connectivity index (χ0v) is 29.0. The largest absolute Gasteiger partial charge is 0.452 e. The van der Waals surface area contributed by atoms with Gasteiger partial charge in [0.2, 0.25) is 0 Å². The molecule has 0 saturated carbocycles. The molecule has 5 aromatic rings. The molecule has 0 aromatic heterocycles. The van der Waals surface area contributed by atoms with E-state index >= 15 is 4.39 Å². The summed E-state index contributed by atoms with van der Waals surface area (Å²) in [4.78, 5) is 17.7. The van der Waals surface area contributed by atoms with Gasteiger partial charge in [-0.2, -0.15) is 8.42 Å². The Hall–Kier alpha value is -4.25. The van der Waals surface area contributed by atoms with E-state index in [-0.39, 0.29) is 27.1 Å². The zero-order chi connectivity index (χ0) is 35.0. The third-order valence-electron chi connectivity index (χ3n) is 7.48. The molecule has 3 atom stereocenters. The van der Waals surface area contributed by atoms with Gasteiger partial charge in [0.15, 0.2) is 12.3 Å². The lowest BCUT2D eigenvalue weighted by molar-refractivity contribution is -0.0267. The molecular weight excluding hydrogens is 712 g/mol. The number of oxime groups is 1. The quantitative estimate of drug-likeness (QED) is 0.0393. The van der Waals surface area contributed by atoms with Crippen molar-refractivity contribution >= 4 is 57.1 Å². The smallest absolute Gasteiger partial charge is 0.338 e. The number of hydrogen-bond donors (Lipinski definition) is 0. The van der Waals surface area contributed by atoms with Crippen molar-refractivity contribution in [1.82, 2.24) is 0 Å². The molecule has 5 aromatic carbocycles. The highest BCUT2D eigenvalue weighted by Crippen LogP contribution is 2.35. The summed E-state index contributed by atoms with van der Waals surface area (Å²) in [6.07, 6.45) is -5.14. The fourth-order valence-corrected chi connectivity index (χ4v) is 7.16.